The summed E-state index contributed by atoms with van der Waals surface area (Å²) in [4.78, 5) is 14.5. The summed E-state index contributed by atoms with van der Waals surface area (Å²) < 4.78 is 5.66. The molecule has 4 heteroatoms. The highest BCUT2D eigenvalue weighted by atomic mass is 16.5. The van der Waals surface area contributed by atoms with E-state index in [9.17, 15) is 9.90 Å². The van der Waals surface area contributed by atoms with Crippen LogP contribution in [-0.4, -0.2) is 41.7 Å². The van der Waals surface area contributed by atoms with Gasteiger partial charge in [0.05, 0.1) is 11.7 Å². The Labute approximate surface area is 125 Å². The summed E-state index contributed by atoms with van der Waals surface area (Å²) in [7, 11) is 0. The first-order valence-electron chi connectivity index (χ1n) is 7.55. The maximum absolute atomic E-state index is 12.6. The molecule has 2 heterocycles. The summed E-state index contributed by atoms with van der Waals surface area (Å²) in [5.74, 6) is 1.05. The van der Waals surface area contributed by atoms with Crippen molar-refractivity contribution >= 4 is 12.0 Å². The average molecular weight is 287 g/mol. The third kappa shape index (κ3) is 2.95. The summed E-state index contributed by atoms with van der Waals surface area (Å²) in [6.07, 6.45) is 3.50. The Morgan fingerprint density at radius 2 is 2.24 bits per heavy atom. The van der Waals surface area contributed by atoms with Crippen molar-refractivity contribution in [2.75, 3.05) is 19.7 Å². The van der Waals surface area contributed by atoms with Gasteiger partial charge in [0.25, 0.3) is 5.91 Å². The van der Waals surface area contributed by atoms with Gasteiger partial charge in [0, 0.05) is 24.6 Å². The van der Waals surface area contributed by atoms with Crippen LogP contribution in [0.4, 0.5) is 0 Å². The number of hydrogen-bond acceptors (Lipinski definition) is 3. The minimum Gasteiger partial charge on any atom is -0.488 e. The largest absolute Gasteiger partial charge is 0.488 e. The normalized spacial score (nSPS) is 22.9. The molecule has 2 aliphatic heterocycles. The zero-order chi connectivity index (χ0) is 14.8. The lowest BCUT2D eigenvalue weighted by Gasteiger charge is -2.35. The number of carbonyl (C=O) groups excluding carboxylic acids is 1. The molecule has 1 N–H and O–H groups in total. The van der Waals surface area contributed by atoms with Gasteiger partial charge in [-0.15, -0.1) is 0 Å². The van der Waals surface area contributed by atoms with Crippen LogP contribution in [0.2, 0.25) is 0 Å². The Morgan fingerprint density at radius 3 is 3.05 bits per heavy atom. The molecule has 0 radical (unpaired) electrons. The lowest BCUT2D eigenvalue weighted by molar-refractivity contribution is -0.130. The number of rotatable bonds is 2. The van der Waals surface area contributed by atoms with Crippen molar-refractivity contribution in [1.82, 2.24) is 4.90 Å². The van der Waals surface area contributed by atoms with Gasteiger partial charge in [-0.3, -0.25) is 4.79 Å². The first-order valence-corrected chi connectivity index (χ1v) is 7.55. The summed E-state index contributed by atoms with van der Waals surface area (Å²) in [6.45, 7) is 3.53. The van der Waals surface area contributed by atoms with Crippen LogP contribution in [0.3, 0.4) is 0 Å². The molecule has 0 bridgehead atoms. The first kappa shape index (κ1) is 14.1. The topological polar surface area (TPSA) is 49.8 Å². The number of para-hydroxylation sites is 1. The van der Waals surface area contributed by atoms with E-state index in [4.69, 9.17) is 4.74 Å². The molecular weight excluding hydrogens is 266 g/mol. The van der Waals surface area contributed by atoms with Crippen LogP contribution in [0, 0.1) is 5.92 Å². The minimum absolute atomic E-state index is 0.0369. The van der Waals surface area contributed by atoms with E-state index in [1.807, 2.05) is 35.2 Å². The maximum Gasteiger partial charge on any atom is 0.253 e. The maximum atomic E-state index is 12.6. The molecule has 1 saturated heterocycles. The van der Waals surface area contributed by atoms with Crippen LogP contribution in [-0.2, 0) is 4.79 Å². The highest BCUT2D eigenvalue weighted by Gasteiger charge is 2.29. The number of aliphatic hydroxyl groups is 1. The molecule has 1 aromatic carbocycles. The Balaban J connectivity index is 1.75. The molecule has 1 aromatic rings. The Kier molecular flexibility index (Phi) is 3.97. The fourth-order valence-electron chi connectivity index (χ4n) is 3.03. The summed E-state index contributed by atoms with van der Waals surface area (Å²) in [5.41, 5.74) is 1.65. The van der Waals surface area contributed by atoms with Gasteiger partial charge in [-0.1, -0.05) is 18.2 Å². The molecule has 2 aliphatic rings. The van der Waals surface area contributed by atoms with Crippen LogP contribution in [0.25, 0.3) is 6.08 Å². The van der Waals surface area contributed by atoms with Crippen molar-refractivity contribution in [3.63, 3.8) is 0 Å². The van der Waals surface area contributed by atoms with Crippen LogP contribution in [0.15, 0.2) is 29.8 Å². The van der Waals surface area contributed by atoms with E-state index in [2.05, 4.69) is 0 Å². The minimum atomic E-state index is -0.363. The Bertz CT molecular complexity index is 565. The molecule has 3 rings (SSSR count). The molecule has 0 saturated carbocycles. The standard InChI is InChI=1S/C17H21NO3/c1-12(19)14-6-4-8-18(10-14)17(20)15-9-13-5-2-3-7-16(13)21-11-15/h2-3,5,7,9,12,14,19H,4,6,8,10-11H2,1H3. The molecule has 2 unspecified atom stereocenters. The smallest absolute Gasteiger partial charge is 0.253 e. The average Bonchev–Trinajstić information content (AvgIpc) is 2.53. The predicted octanol–water partition coefficient (Wildman–Crippen LogP) is 2.08. The molecular formula is C17H21NO3. The molecule has 0 spiro atoms. The van der Waals surface area contributed by atoms with Crippen LogP contribution in [0.5, 0.6) is 5.75 Å². The molecule has 112 valence electrons. The van der Waals surface area contributed by atoms with Gasteiger partial charge in [-0.25, -0.2) is 0 Å². The second-order valence-electron chi connectivity index (χ2n) is 5.89. The Morgan fingerprint density at radius 1 is 1.43 bits per heavy atom. The Hall–Kier alpha value is -1.81. The van der Waals surface area contributed by atoms with Gasteiger partial charge in [0.2, 0.25) is 0 Å². The molecule has 0 aliphatic carbocycles. The number of carbonyl (C=O) groups is 1. The molecule has 1 fully saturated rings. The third-order valence-corrected chi connectivity index (χ3v) is 4.33. The number of amides is 1. The van der Waals surface area contributed by atoms with Crippen molar-refractivity contribution in [2.45, 2.75) is 25.9 Å². The van der Waals surface area contributed by atoms with Crippen molar-refractivity contribution in [1.29, 1.82) is 0 Å². The molecule has 4 nitrogen and oxygen atoms in total. The first-order chi connectivity index (χ1) is 10.1. The highest BCUT2D eigenvalue weighted by Crippen LogP contribution is 2.28. The summed E-state index contributed by atoms with van der Waals surface area (Å²) in [5, 5.41) is 9.74. The second kappa shape index (κ2) is 5.90. The number of piperidine rings is 1. The van der Waals surface area contributed by atoms with Gasteiger partial charge in [-0.05, 0) is 31.9 Å². The van der Waals surface area contributed by atoms with Gasteiger partial charge in [0.15, 0.2) is 0 Å². The van der Waals surface area contributed by atoms with Crippen LogP contribution < -0.4 is 4.74 Å². The lowest BCUT2D eigenvalue weighted by Crippen LogP contribution is -2.44. The van der Waals surface area contributed by atoms with Crippen molar-refractivity contribution in [3.05, 3.63) is 35.4 Å². The SMILES string of the molecule is CC(O)C1CCCN(C(=O)C2=Cc3ccccc3OC2)C1. The van der Waals surface area contributed by atoms with E-state index < -0.39 is 0 Å². The molecule has 2 atom stereocenters. The number of benzene rings is 1. The van der Waals surface area contributed by atoms with E-state index in [1.165, 1.54) is 0 Å². The number of fused-ring (bicyclic) bond motifs is 1. The zero-order valence-electron chi connectivity index (χ0n) is 12.3. The van der Waals surface area contributed by atoms with E-state index in [0.717, 1.165) is 30.7 Å². The van der Waals surface area contributed by atoms with Crippen molar-refractivity contribution in [3.8, 4) is 5.75 Å². The predicted molar refractivity (Wildman–Crippen MR) is 80.9 cm³/mol. The van der Waals surface area contributed by atoms with E-state index >= 15 is 0 Å². The van der Waals surface area contributed by atoms with Crippen molar-refractivity contribution in [2.24, 2.45) is 5.92 Å². The summed E-state index contributed by atoms with van der Waals surface area (Å²) in [6, 6.07) is 7.74. The van der Waals surface area contributed by atoms with Crippen LogP contribution >= 0.6 is 0 Å². The third-order valence-electron chi connectivity index (χ3n) is 4.33. The van der Waals surface area contributed by atoms with Gasteiger partial charge in [0.1, 0.15) is 12.4 Å². The van der Waals surface area contributed by atoms with E-state index in [0.29, 0.717) is 18.7 Å². The fraction of sp³-hybridized carbons (Fsp3) is 0.471. The fourth-order valence-corrected chi connectivity index (χ4v) is 3.03. The van der Waals surface area contributed by atoms with Crippen molar-refractivity contribution < 1.29 is 14.6 Å². The number of ether oxygens (including phenoxy) is 1. The monoisotopic (exact) mass is 287 g/mol. The van der Waals surface area contributed by atoms with Gasteiger partial charge >= 0.3 is 0 Å². The van der Waals surface area contributed by atoms with E-state index in [-0.39, 0.29) is 17.9 Å². The number of hydrogen-bond donors (Lipinski definition) is 1. The second-order valence-corrected chi connectivity index (χ2v) is 5.89. The molecule has 21 heavy (non-hydrogen) atoms. The van der Waals surface area contributed by atoms with E-state index in [1.54, 1.807) is 6.92 Å². The van der Waals surface area contributed by atoms with Gasteiger partial charge in [-0.2, -0.15) is 0 Å². The summed E-state index contributed by atoms with van der Waals surface area (Å²) >= 11 is 0. The zero-order valence-corrected chi connectivity index (χ0v) is 12.3. The number of nitrogens with zero attached hydrogens (tertiary/aromatic N) is 1. The van der Waals surface area contributed by atoms with Crippen LogP contribution in [0.1, 0.15) is 25.3 Å². The number of likely N-dealkylation sites (tertiary alicyclic amines) is 1. The van der Waals surface area contributed by atoms with Gasteiger partial charge < -0.3 is 14.7 Å². The molecule has 0 aromatic heterocycles. The number of aliphatic hydroxyl groups excluding tert-OH is 1. The quantitative estimate of drug-likeness (QED) is 0.906. The molecule has 1 amide bonds. The highest BCUT2D eigenvalue weighted by molar-refractivity contribution is 5.99. The lowest BCUT2D eigenvalue weighted by atomic mass is 9.93.